The Kier molecular flexibility index (Phi) is 4.39. The van der Waals surface area contributed by atoms with Gasteiger partial charge in [0.2, 0.25) is 5.91 Å². The van der Waals surface area contributed by atoms with Gasteiger partial charge in [-0.05, 0) is 12.8 Å². The molecule has 2 N–H and O–H groups in total. The van der Waals surface area contributed by atoms with Gasteiger partial charge in [-0.25, -0.2) is 0 Å². The number of amides is 1. The van der Waals surface area contributed by atoms with Gasteiger partial charge in [0.25, 0.3) is 0 Å². The van der Waals surface area contributed by atoms with E-state index in [-0.39, 0.29) is 11.9 Å². The number of esters is 1. The minimum atomic E-state index is -0.891. The number of aromatic nitrogens is 1. The van der Waals surface area contributed by atoms with Gasteiger partial charge in [-0.2, -0.15) is 0 Å². The Labute approximate surface area is 117 Å². The topological polar surface area (TPSA) is 98.7 Å². The van der Waals surface area contributed by atoms with Crippen LogP contribution in [-0.4, -0.2) is 47.7 Å². The summed E-state index contributed by atoms with van der Waals surface area (Å²) in [4.78, 5) is 25.2. The van der Waals surface area contributed by atoms with Crippen molar-refractivity contribution < 1.29 is 18.8 Å². The second kappa shape index (κ2) is 6.04. The van der Waals surface area contributed by atoms with Crippen LogP contribution in [0.25, 0.3) is 0 Å². The molecule has 3 unspecified atom stereocenters. The van der Waals surface area contributed by atoms with Crippen LogP contribution in [0.2, 0.25) is 0 Å². The van der Waals surface area contributed by atoms with E-state index in [0.717, 1.165) is 12.8 Å². The van der Waals surface area contributed by atoms with Crippen LogP contribution >= 0.6 is 0 Å². The van der Waals surface area contributed by atoms with Crippen molar-refractivity contribution in [3.63, 3.8) is 0 Å². The fourth-order valence-electron chi connectivity index (χ4n) is 2.84. The van der Waals surface area contributed by atoms with Crippen molar-refractivity contribution in [3.05, 3.63) is 18.0 Å². The van der Waals surface area contributed by atoms with Crippen molar-refractivity contribution >= 4 is 11.9 Å². The summed E-state index contributed by atoms with van der Waals surface area (Å²) >= 11 is 0. The third-order valence-electron chi connectivity index (χ3n) is 3.76. The zero-order chi connectivity index (χ0) is 14.7. The first-order chi connectivity index (χ1) is 9.56. The van der Waals surface area contributed by atoms with E-state index in [2.05, 4.69) is 5.16 Å². The quantitative estimate of drug-likeness (QED) is 0.795. The minimum absolute atomic E-state index is 0.0333. The molecule has 0 aliphatic carbocycles. The number of carbonyl (C=O) groups excluding carboxylic acids is 2. The van der Waals surface area contributed by atoms with Crippen molar-refractivity contribution in [2.45, 2.75) is 37.8 Å². The molecule has 110 valence electrons. The van der Waals surface area contributed by atoms with Crippen LogP contribution in [0.4, 0.5) is 0 Å². The van der Waals surface area contributed by atoms with Crippen LogP contribution in [0, 0.1) is 0 Å². The molecular weight excluding hydrogens is 262 g/mol. The lowest BCUT2D eigenvalue weighted by atomic mass is 9.88. The number of hydrogen-bond acceptors (Lipinski definition) is 6. The fourth-order valence-corrected chi connectivity index (χ4v) is 2.84. The molecule has 3 atom stereocenters. The molecule has 0 radical (unpaired) electrons. The number of likely N-dealkylation sites (tertiary alicyclic amines) is 1. The Morgan fingerprint density at radius 3 is 2.90 bits per heavy atom. The predicted molar refractivity (Wildman–Crippen MR) is 69.6 cm³/mol. The summed E-state index contributed by atoms with van der Waals surface area (Å²) in [5.41, 5.74) is 6.01. The van der Waals surface area contributed by atoms with Gasteiger partial charge in [0.15, 0.2) is 0 Å². The number of rotatable bonds is 4. The van der Waals surface area contributed by atoms with Crippen LogP contribution < -0.4 is 5.73 Å². The number of ether oxygens (including phenoxy) is 1. The summed E-state index contributed by atoms with van der Waals surface area (Å²) in [5, 5.41) is 3.67. The largest absolute Gasteiger partial charge is 0.468 e. The van der Waals surface area contributed by atoms with Crippen molar-refractivity contribution in [1.82, 2.24) is 10.1 Å². The molecule has 7 heteroatoms. The second-order valence-corrected chi connectivity index (χ2v) is 4.91. The molecule has 1 aromatic heterocycles. The monoisotopic (exact) mass is 281 g/mol. The molecule has 2 rings (SSSR count). The lowest BCUT2D eigenvalue weighted by Gasteiger charge is -2.32. The van der Waals surface area contributed by atoms with E-state index in [1.165, 1.54) is 20.2 Å². The SMILES string of the molecule is COC(=O)C(N)C(c1ccno1)C1CCCN1C(C)=O. The van der Waals surface area contributed by atoms with E-state index in [1.807, 2.05) is 0 Å². The maximum atomic E-state index is 11.8. The van der Waals surface area contributed by atoms with Crippen LogP contribution in [0.5, 0.6) is 0 Å². The molecule has 7 nitrogen and oxygen atoms in total. The number of hydrogen-bond donors (Lipinski definition) is 1. The maximum absolute atomic E-state index is 11.8. The Balaban J connectivity index is 2.32. The Morgan fingerprint density at radius 2 is 2.35 bits per heavy atom. The normalized spacial score (nSPS) is 21.6. The third-order valence-corrected chi connectivity index (χ3v) is 3.76. The molecule has 0 saturated carbocycles. The lowest BCUT2D eigenvalue weighted by Crippen LogP contribution is -2.48. The minimum Gasteiger partial charge on any atom is -0.468 e. The molecule has 1 fully saturated rings. The maximum Gasteiger partial charge on any atom is 0.323 e. The van der Waals surface area contributed by atoms with E-state index in [0.29, 0.717) is 12.3 Å². The molecule has 1 saturated heterocycles. The summed E-state index contributed by atoms with van der Waals surface area (Å²) in [6.07, 6.45) is 3.15. The highest BCUT2D eigenvalue weighted by atomic mass is 16.5. The third kappa shape index (κ3) is 2.67. The average molecular weight is 281 g/mol. The second-order valence-electron chi connectivity index (χ2n) is 4.91. The van der Waals surface area contributed by atoms with Crippen LogP contribution in [0.3, 0.4) is 0 Å². The highest BCUT2D eigenvalue weighted by Crippen LogP contribution is 2.33. The lowest BCUT2D eigenvalue weighted by molar-refractivity contribution is -0.144. The van der Waals surface area contributed by atoms with E-state index in [1.54, 1.807) is 11.0 Å². The molecule has 2 heterocycles. The molecule has 1 aromatic rings. The molecule has 0 aromatic carbocycles. The highest BCUT2D eigenvalue weighted by molar-refractivity contribution is 5.78. The molecule has 1 amide bonds. The van der Waals surface area contributed by atoms with E-state index >= 15 is 0 Å². The van der Waals surface area contributed by atoms with E-state index < -0.39 is 17.9 Å². The molecule has 20 heavy (non-hydrogen) atoms. The zero-order valence-corrected chi connectivity index (χ0v) is 11.6. The Hall–Kier alpha value is -1.89. The van der Waals surface area contributed by atoms with Crippen LogP contribution in [-0.2, 0) is 14.3 Å². The van der Waals surface area contributed by atoms with Crippen molar-refractivity contribution in [1.29, 1.82) is 0 Å². The first kappa shape index (κ1) is 14.5. The first-order valence-corrected chi connectivity index (χ1v) is 6.57. The van der Waals surface area contributed by atoms with Gasteiger partial charge in [-0.3, -0.25) is 9.59 Å². The van der Waals surface area contributed by atoms with Crippen molar-refractivity contribution in [2.24, 2.45) is 5.73 Å². The van der Waals surface area contributed by atoms with E-state index in [9.17, 15) is 9.59 Å². The first-order valence-electron chi connectivity index (χ1n) is 6.57. The average Bonchev–Trinajstić information content (AvgIpc) is 3.09. The number of nitrogens with two attached hydrogens (primary N) is 1. The molecule has 1 aliphatic rings. The van der Waals surface area contributed by atoms with Gasteiger partial charge in [-0.1, -0.05) is 5.16 Å². The summed E-state index contributed by atoms with van der Waals surface area (Å²) in [6, 6.07) is 0.608. The standard InChI is InChI=1S/C13H19N3O4/c1-8(17)16-7-3-4-9(16)11(10-5-6-15-20-10)12(14)13(18)19-2/h5-6,9,11-12H,3-4,7,14H2,1-2H3. The predicted octanol–water partition coefficient (Wildman–Crippen LogP) is 0.269. The van der Waals surface area contributed by atoms with Crippen molar-refractivity contribution in [2.75, 3.05) is 13.7 Å². The van der Waals surface area contributed by atoms with Gasteiger partial charge >= 0.3 is 5.97 Å². The highest BCUT2D eigenvalue weighted by Gasteiger charge is 2.42. The van der Waals surface area contributed by atoms with Crippen LogP contribution in [0.1, 0.15) is 31.4 Å². The molecule has 0 bridgehead atoms. The van der Waals surface area contributed by atoms with Gasteiger partial charge in [0.05, 0.1) is 19.2 Å². The molecule has 0 spiro atoms. The van der Waals surface area contributed by atoms with E-state index in [4.69, 9.17) is 15.0 Å². The Bertz CT molecular complexity index is 474. The molecular formula is C13H19N3O4. The van der Waals surface area contributed by atoms with Crippen LogP contribution in [0.15, 0.2) is 16.8 Å². The van der Waals surface area contributed by atoms with Gasteiger partial charge in [0, 0.05) is 25.6 Å². The summed E-state index contributed by atoms with van der Waals surface area (Å²) in [7, 11) is 1.29. The summed E-state index contributed by atoms with van der Waals surface area (Å²) in [5.74, 6) is -0.506. The zero-order valence-electron chi connectivity index (χ0n) is 11.6. The Morgan fingerprint density at radius 1 is 1.60 bits per heavy atom. The van der Waals surface area contributed by atoms with Gasteiger partial charge in [0.1, 0.15) is 11.8 Å². The van der Waals surface area contributed by atoms with Gasteiger partial charge in [-0.15, -0.1) is 0 Å². The smallest absolute Gasteiger partial charge is 0.323 e. The number of carbonyl (C=O) groups is 2. The fraction of sp³-hybridized carbons (Fsp3) is 0.615. The number of nitrogens with zero attached hydrogens (tertiary/aromatic N) is 2. The van der Waals surface area contributed by atoms with Gasteiger partial charge < -0.3 is 19.9 Å². The van der Waals surface area contributed by atoms with Crippen molar-refractivity contribution in [3.8, 4) is 0 Å². The summed E-state index contributed by atoms with van der Waals surface area (Å²) < 4.78 is 9.89. The molecule has 1 aliphatic heterocycles. The summed E-state index contributed by atoms with van der Waals surface area (Å²) in [6.45, 7) is 2.18. The number of methoxy groups -OCH3 is 1.